The number of nitrogens with zero attached hydrogens (tertiary/aromatic N) is 1. The van der Waals surface area contributed by atoms with Gasteiger partial charge in [-0.15, -0.1) is 0 Å². The standard InChI is InChI=1S/C25H16Cl2FNO6/c1-11-3-6-17(34-11)21-20(23(31)25(32)29(21)14-4-5-16(28)15(27)10-14)22(30)18-8-12-7-13(26)9-19(33-2)24(12)35-18/h3-10,21,31H,1-2H3. The zero-order chi connectivity index (χ0) is 25.0. The topological polar surface area (TPSA) is 93.1 Å². The quantitative estimate of drug-likeness (QED) is 0.302. The van der Waals surface area contributed by atoms with Gasteiger partial charge in [-0.25, -0.2) is 4.39 Å². The Bertz CT molecular complexity index is 1550. The monoisotopic (exact) mass is 515 g/mol. The zero-order valence-corrected chi connectivity index (χ0v) is 19.8. The highest BCUT2D eigenvalue weighted by molar-refractivity contribution is 6.32. The number of benzene rings is 2. The molecule has 2 aromatic carbocycles. The summed E-state index contributed by atoms with van der Waals surface area (Å²) >= 11 is 12.1. The van der Waals surface area contributed by atoms with Crippen molar-refractivity contribution in [1.29, 1.82) is 0 Å². The van der Waals surface area contributed by atoms with Crippen LogP contribution in [0.2, 0.25) is 10.0 Å². The molecule has 0 saturated carbocycles. The number of furan rings is 2. The van der Waals surface area contributed by atoms with Crippen LogP contribution in [0, 0.1) is 12.7 Å². The van der Waals surface area contributed by atoms with Gasteiger partial charge in [-0.2, -0.15) is 0 Å². The normalized spacial score (nSPS) is 16.0. The van der Waals surface area contributed by atoms with Crippen molar-refractivity contribution >= 4 is 51.5 Å². The number of hydrogen-bond donors (Lipinski definition) is 1. The number of aliphatic hydroxyl groups is 1. The van der Waals surface area contributed by atoms with Gasteiger partial charge in [0.25, 0.3) is 5.91 Å². The lowest BCUT2D eigenvalue weighted by Crippen LogP contribution is -2.30. The van der Waals surface area contributed by atoms with E-state index in [1.54, 1.807) is 25.1 Å². The number of fused-ring (bicyclic) bond motifs is 1. The largest absolute Gasteiger partial charge is 0.503 e. The summed E-state index contributed by atoms with van der Waals surface area (Å²) in [4.78, 5) is 27.9. The number of ether oxygens (including phenoxy) is 1. The molecule has 10 heteroatoms. The summed E-state index contributed by atoms with van der Waals surface area (Å²) in [5.41, 5.74) is 0.166. The van der Waals surface area contributed by atoms with Gasteiger partial charge in [0.2, 0.25) is 5.78 Å². The number of carbonyl (C=O) groups is 2. The summed E-state index contributed by atoms with van der Waals surface area (Å²) in [6, 6.07) is 10.3. The minimum atomic E-state index is -1.16. The summed E-state index contributed by atoms with van der Waals surface area (Å²) in [5, 5.41) is 11.5. The molecule has 0 spiro atoms. The van der Waals surface area contributed by atoms with Crippen LogP contribution in [0.15, 0.2) is 68.7 Å². The molecule has 1 unspecified atom stereocenters. The number of hydrogen-bond acceptors (Lipinski definition) is 6. The van der Waals surface area contributed by atoms with Crippen molar-refractivity contribution in [2.24, 2.45) is 0 Å². The van der Waals surface area contributed by atoms with Crippen molar-refractivity contribution < 1.29 is 32.7 Å². The molecule has 0 bridgehead atoms. The molecule has 1 aliphatic rings. The van der Waals surface area contributed by atoms with E-state index in [0.29, 0.717) is 21.9 Å². The first-order valence-corrected chi connectivity index (χ1v) is 11.0. The average molecular weight is 516 g/mol. The van der Waals surface area contributed by atoms with Crippen molar-refractivity contribution in [3.05, 3.63) is 93.0 Å². The van der Waals surface area contributed by atoms with E-state index < -0.39 is 29.3 Å². The second kappa shape index (κ2) is 8.48. The van der Waals surface area contributed by atoms with E-state index >= 15 is 0 Å². The maximum atomic E-state index is 13.8. The first-order chi connectivity index (χ1) is 16.7. The van der Waals surface area contributed by atoms with Crippen LogP contribution in [0.5, 0.6) is 5.75 Å². The molecular weight excluding hydrogens is 500 g/mol. The number of aryl methyl sites for hydroxylation is 1. The lowest BCUT2D eigenvalue weighted by atomic mass is 9.99. The Hall–Kier alpha value is -3.75. The van der Waals surface area contributed by atoms with E-state index in [1.165, 1.54) is 31.4 Å². The van der Waals surface area contributed by atoms with E-state index in [1.807, 2.05) is 0 Å². The molecule has 178 valence electrons. The molecule has 1 N–H and O–H groups in total. The Morgan fingerprint density at radius 1 is 1.11 bits per heavy atom. The van der Waals surface area contributed by atoms with Gasteiger partial charge < -0.3 is 18.7 Å². The van der Waals surface area contributed by atoms with Crippen molar-refractivity contribution in [1.82, 2.24) is 0 Å². The van der Waals surface area contributed by atoms with Crippen LogP contribution in [0.4, 0.5) is 10.1 Å². The predicted octanol–water partition coefficient (Wildman–Crippen LogP) is 6.57. The van der Waals surface area contributed by atoms with E-state index in [9.17, 15) is 19.1 Å². The Morgan fingerprint density at radius 3 is 2.54 bits per heavy atom. The van der Waals surface area contributed by atoms with Crippen molar-refractivity contribution in [3.63, 3.8) is 0 Å². The molecular formula is C25H16Cl2FNO6. The second-order valence-corrected chi connectivity index (χ2v) is 8.70. The number of halogens is 3. The first-order valence-electron chi connectivity index (χ1n) is 10.3. The number of ketones is 1. The summed E-state index contributed by atoms with van der Waals surface area (Å²) in [6.45, 7) is 1.69. The smallest absolute Gasteiger partial charge is 0.294 e. The Balaban J connectivity index is 1.66. The first kappa shape index (κ1) is 23.0. The van der Waals surface area contributed by atoms with Crippen molar-refractivity contribution in [2.75, 3.05) is 12.0 Å². The number of Topliss-reactive ketones (excluding diaryl/α,β-unsaturated/α-hetero) is 1. The third-order valence-electron chi connectivity index (χ3n) is 5.66. The molecule has 2 aromatic heterocycles. The molecule has 3 heterocycles. The number of methoxy groups -OCH3 is 1. The van der Waals surface area contributed by atoms with E-state index in [2.05, 4.69) is 0 Å². The van der Waals surface area contributed by atoms with Crippen LogP contribution in [-0.4, -0.2) is 23.9 Å². The predicted molar refractivity (Wildman–Crippen MR) is 127 cm³/mol. The van der Waals surface area contributed by atoms with E-state index in [0.717, 1.165) is 11.0 Å². The van der Waals surface area contributed by atoms with Gasteiger partial charge in [-0.3, -0.25) is 14.5 Å². The summed E-state index contributed by atoms with van der Waals surface area (Å²) in [7, 11) is 1.43. The minimum absolute atomic E-state index is 0.151. The fourth-order valence-electron chi connectivity index (χ4n) is 4.09. The number of carbonyl (C=O) groups excluding carboxylic acids is 2. The van der Waals surface area contributed by atoms with Crippen LogP contribution in [0.25, 0.3) is 11.0 Å². The second-order valence-electron chi connectivity index (χ2n) is 7.85. The fourth-order valence-corrected chi connectivity index (χ4v) is 4.48. The molecule has 7 nitrogen and oxygen atoms in total. The van der Waals surface area contributed by atoms with Crippen LogP contribution in [0.3, 0.4) is 0 Å². The van der Waals surface area contributed by atoms with Gasteiger partial charge in [-0.1, -0.05) is 23.2 Å². The molecule has 1 atom stereocenters. The van der Waals surface area contributed by atoms with Crippen LogP contribution >= 0.6 is 23.2 Å². The Morgan fingerprint density at radius 2 is 1.89 bits per heavy atom. The van der Waals surface area contributed by atoms with Crippen molar-refractivity contribution in [3.8, 4) is 5.75 Å². The van der Waals surface area contributed by atoms with Gasteiger partial charge in [0.15, 0.2) is 22.9 Å². The molecule has 4 aromatic rings. The number of amides is 1. The molecule has 0 aliphatic carbocycles. The van der Waals surface area contributed by atoms with Gasteiger partial charge in [-0.05, 0) is 49.4 Å². The average Bonchev–Trinajstić information content (AvgIpc) is 3.51. The molecule has 35 heavy (non-hydrogen) atoms. The van der Waals surface area contributed by atoms with Crippen LogP contribution < -0.4 is 9.64 Å². The third-order valence-corrected chi connectivity index (χ3v) is 6.16. The van der Waals surface area contributed by atoms with E-state index in [4.69, 9.17) is 36.8 Å². The van der Waals surface area contributed by atoms with Gasteiger partial charge in [0.1, 0.15) is 23.4 Å². The summed E-state index contributed by atoms with van der Waals surface area (Å²) in [5.74, 6) is -2.22. The highest BCUT2D eigenvalue weighted by atomic mass is 35.5. The van der Waals surface area contributed by atoms with E-state index in [-0.39, 0.29) is 33.4 Å². The maximum absolute atomic E-state index is 13.8. The van der Waals surface area contributed by atoms with Gasteiger partial charge in [0.05, 0.1) is 17.7 Å². The number of rotatable bonds is 5. The molecule has 1 aliphatic heterocycles. The minimum Gasteiger partial charge on any atom is -0.503 e. The SMILES string of the molecule is COc1cc(Cl)cc2cc(C(=O)C3=C(O)C(=O)N(c4ccc(F)c(Cl)c4)C3c3ccc(C)o3)oc12. The van der Waals surface area contributed by atoms with Crippen LogP contribution in [0.1, 0.15) is 28.1 Å². The molecule has 1 amide bonds. The lowest BCUT2D eigenvalue weighted by molar-refractivity contribution is -0.117. The highest BCUT2D eigenvalue weighted by Crippen LogP contribution is 2.44. The Kier molecular flexibility index (Phi) is 5.57. The molecule has 0 radical (unpaired) electrons. The summed E-state index contributed by atoms with van der Waals surface area (Å²) < 4.78 is 30.6. The molecule has 0 saturated heterocycles. The Labute approximate surface area is 207 Å². The lowest BCUT2D eigenvalue weighted by Gasteiger charge is -2.25. The van der Waals surface area contributed by atoms with Crippen LogP contribution in [-0.2, 0) is 4.79 Å². The third kappa shape index (κ3) is 3.75. The maximum Gasteiger partial charge on any atom is 0.294 e. The van der Waals surface area contributed by atoms with Gasteiger partial charge in [0, 0.05) is 22.2 Å². The van der Waals surface area contributed by atoms with Crippen molar-refractivity contribution in [2.45, 2.75) is 13.0 Å². The molecule has 5 rings (SSSR count). The summed E-state index contributed by atoms with van der Waals surface area (Å²) in [6.07, 6.45) is 0. The fraction of sp³-hybridized carbons (Fsp3) is 0.120. The number of aliphatic hydroxyl groups excluding tert-OH is 1. The highest BCUT2D eigenvalue weighted by Gasteiger charge is 2.47. The van der Waals surface area contributed by atoms with Gasteiger partial charge >= 0.3 is 0 Å². The molecule has 0 fully saturated rings. The number of anilines is 1. The zero-order valence-electron chi connectivity index (χ0n) is 18.3.